The van der Waals surface area contributed by atoms with E-state index in [1.165, 1.54) is 18.4 Å². The van der Waals surface area contributed by atoms with Crippen LogP contribution in [0.3, 0.4) is 0 Å². The van der Waals surface area contributed by atoms with Gasteiger partial charge in [0.1, 0.15) is 5.76 Å². The Morgan fingerprint density at radius 2 is 2.21 bits per heavy atom. The number of hydrogen-bond acceptors (Lipinski definition) is 3. The molecule has 4 nitrogen and oxygen atoms in total. The van der Waals surface area contributed by atoms with Crippen LogP contribution in [0, 0.1) is 0 Å². The molecule has 74 valence electrons. The number of hydrogen-bond donors (Lipinski definition) is 1. The molecule has 0 radical (unpaired) electrons. The maximum Gasteiger partial charge on any atom is 0.303 e. The first-order valence-corrected chi connectivity index (χ1v) is 4.14. The lowest BCUT2D eigenvalue weighted by Crippen LogP contribution is -1.99. The minimum atomic E-state index is -0.968. The first-order valence-electron chi connectivity index (χ1n) is 4.14. The number of carbonyl (C=O) groups is 2. The Morgan fingerprint density at radius 1 is 1.43 bits per heavy atom. The van der Waals surface area contributed by atoms with Crippen LogP contribution in [0.2, 0.25) is 0 Å². The van der Waals surface area contributed by atoms with Gasteiger partial charge in [0, 0.05) is 6.42 Å². The second-order valence-corrected chi connectivity index (χ2v) is 2.71. The van der Waals surface area contributed by atoms with E-state index in [4.69, 9.17) is 9.52 Å². The minimum Gasteiger partial charge on any atom is -0.481 e. The highest BCUT2D eigenvalue weighted by Gasteiger charge is 2.01. The average molecular weight is 194 g/mol. The fourth-order valence-electron chi connectivity index (χ4n) is 0.875. The van der Waals surface area contributed by atoms with Crippen LogP contribution in [0.15, 0.2) is 28.9 Å². The number of ketones is 1. The Hall–Kier alpha value is -1.84. The van der Waals surface area contributed by atoms with Crippen molar-refractivity contribution in [2.75, 3.05) is 0 Å². The fraction of sp³-hybridized carbons (Fsp3) is 0.200. The molecule has 0 atom stereocenters. The molecule has 0 bridgehead atoms. The van der Waals surface area contributed by atoms with Gasteiger partial charge in [-0.25, -0.2) is 0 Å². The lowest BCUT2D eigenvalue weighted by molar-refractivity contribution is -0.138. The number of rotatable bonds is 5. The van der Waals surface area contributed by atoms with E-state index >= 15 is 0 Å². The van der Waals surface area contributed by atoms with Crippen molar-refractivity contribution in [3.05, 3.63) is 30.2 Å². The molecule has 0 spiro atoms. The maximum absolute atomic E-state index is 11.1. The summed E-state index contributed by atoms with van der Waals surface area (Å²) in [4.78, 5) is 21.2. The molecule has 1 heterocycles. The molecule has 4 heteroatoms. The van der Waals surface area contributed by atoms with E-state index in [2.05, 4.69) is 0 Å². The van der Waals surface area contributed by atoms with Gasteiger partial charge < -0.3 is 9.52 Å². The topological polar surface area (TPSA) is 67.5 Å². The second kappa shape index (κ2) is 5.01. The van der Waals surface area contributed by atoms with Gasteiger partial charge >= 0.3 is 5.97 Å². The summed E-state index contributed by atoms with van der Waals surface area (Å²) in [5, 5.41) is 8.32. The first kappa shape index (κ1) is 10.2. The maximum atomic E-state index is 11.1. The molecule has 1 rings (SSSR count). The molecule has 0 aromatic carbocycles. The molecule has 0 aliphatic heterocycles. The molecule has 1 aromatic rings. The molecule has 0 unspecified atom stereocenters. The number of furan rings is 1. The Morgan fingerprint density at radius 3 is 2.79 bits per heavy atom. The summed E-state index contributed by atoms with van der Waals surface area (Å²) >= 11 is 0. The largest absolute Gasteiger partial charge is 0.481 e. The quantitative estimate of drug-likeness (QED) is 0.725. The van der Waals surface area contributed by atoms with E-state index in [1.54, 1.807) is 12.1 Å². The van der Waals surface area contributed by atoms with Crippen molar-refractivity contribution in [2.24, 2.45) is 0 Å². The Balaban J connectivity index is 2.37. The number of aliphatic carboxylic acids is 1. The van der Waals surface area contributed by atoms with Crippen LogP contribution < -0.4 is 0 Å². The molecule has 0 saturated heterocycles. The van der Waals surface area contributed by atoms with E-state index in [9.17, 15) is 9.59 Å². The smallest absolute Gasteiger partial charge is 0.303 e. The van der Waals surface area contributed by atoms with E-state index in [1.807, 2.05) is 0 Å². The van der Waals surface area contributed by atoms with Crippen LogP contribution in [0.5, 0.6) is 0 Å². The molecule has 0 amide bonds. The third-order valence-electron chi connectivity index (χ3n) is 1.56. The highest BCUT2D eigenvalue weighted by Crippen LogP contribution is 2.03. The summed E-state index contributed by atoms with van der Waals surface area (Å²) in [5.41, 5.74) is 0. The molecule has 1 N–H and O–H groups in total. The van der Waals surface area contributed by atoms with Gasteiger partial charge in [-0.05, 0) is 24.3 Å². The van der Waals surface area contributed by atoms with Crippen LogP contribution in [0.1, 0.15) is 18.6 Å². The predicted octanol–water partition coefficient (Wildman–Crippen LogP) is 1.73. The Kier molecular flexibility index (Phi) is 3.67. The van der Waals surface area contributed by atoms with Gasteiger partial charge in [-0.15, -0.1) is 0 Å². The van der Waals surface area contributed by atoms with Gasteiger partial charge in [0.15, 0.2) is 5.78 Å². The molecular weight excluding hydrogens is 184 g/mol. The van der Waals surface area contributed by atoms with Crippen LogP contribution in [0.25, 0.3) is 6.08 Å². The van der Waals surface area contributed by atoms with Crippen LogP contribution in [0.4, 0.5) is 0 Å². The molecule has 0 fully saturated rings. The van der Waals surface area contributed by atoms with Crippen molar-refractivity contribution >= 4 is 17.8 Å². The van der Waals surface area contributed by atoms with Gasteiger partial charge in [0.05, 0.1) is 12.7 Å². The van der Waals surface area contributed by atoms with Crippen LogP contribution in [-0.4, -0.2) is 16.9 Å². The molecule has 14 heavy (non-hydrogen) atoms. The van der Waals surface area contributed by atoms with Gasteiger partial charge in [-0.3, -0.25) is 9.59 Å². The number of allylic oxidation sites excluding steroid dienone is 1. The fourth-order valence-corrected chi connectivity index (χ4v) is 0.875. The zero-order chi connectivity index (χ0) is 10.4. The van der Waals surface area contributed by atoms with Gasteiger partial charge in [-0.1, -0.05) is 0 Å². The van der Waals surface area contributed by atoms with Crippen molar-refractivity contribution in [1.82, 2.24) is 0 Å². The van der Waals surface area contributed by atoms with Crippen molar-refractivity contribution in [2.45, 2.75) is 12.8 Å². The summed E-state index contributed by atoms with van der Waals surface area (Å²) in [7, 11) is 0. The van der Waals surface area contributed by atoms with Crippen molar-refractivity contribution in [1.29, 1.82) is 0 Å². The van der Waals surface area contributed by atoms with E-state index in [0.717, 1.165) is 0 Å². The van der Waals surface area contributed by atoms with Crippen molar-refractivity contribution < 1.29 is 19.1 Å². The van der Waals surface area contributed by atoms with Gasteiger partial charge in [-0.2, -0.15) is 0 Å². The number of carbonyl (C=O) groups excluding carboxylic acids is 1. The Labute approximate surface area is 80.8 Å². The highest BCUT2D eigenvalue weighted by molar-refractivity contribution is 5.94. The van der Waals surface area contributed by atoms with Crippen molar-refractivity contribution in [3.8, 4) is 0 Å². The molecular formula is C10H10O4. The average Bonchev–Trinajstić information content (AvgIpc) is 2.63. The molecule has 0 aliphatic carbocycles. The minimum absolute atomic E-state index is 0.0204. The molecule has 1 aromatic heterocycles. The zero-order valence-corrected chi connectivity index (χ0v) is 7.47. The Bertz CT molecular complexity index is 335. The first-order chi connectivity index (χ1) is 6.68. The third kappa shape index (κ3) is 3.71. The lowest BCUT2D eigenvalue weighted by Gasteiger charge is -1.89. The van der Waals surface area contributed by atoms with Crippen LogP contribution in [-0.2, 0) is 9.59 Å². The third-order valence-corrected chi connectivity index (χ3v) is 1.56. The normalized spacial score (nSPS) is 10.6. The van der Waals surface area contributed by atoms with E-state index in [0.29, 0.717) is 5.76 Å². The monoisotopic (exact) mass is 194 g/mol. The molecule has 0 aliphatic rings. The summed E-state index contributed by atoms with van der Waals surface area (Å²) in [5.74, 6) is -0.609. The lowest BCUT2D eigenvalue weighted by atomic mass is 10.2. The zero-order valence-electron chi connectivity index (χ0n) is 7.47. The van der Waals surface area contributed by atoms with Crippen LogP contribution >= 0.6 is 0 Å². The summed E-state index contributed by atoms with van der Waals surface area (Å²) < 4.78 is 4.95. The van der Waals surface area contributed by atoms with E-state index < -0.39 is 5.97 Å². The SMILES string of the molecule is O=C(O)CCC(=O)/C=C/c1ccco1. The highest BCUT2D eigenvalue weighted by atomic mass is 16.4. The van der Waals surface area contributed by atoms with Crippen molar-refractivity contribution in [3.63, 3.8) is 0 Å². The molecule has 0 saturated carbocycles. The van der Waals surface area contributed by atoms with Gasteiger partial charge in [0.25, 0.3) is 0 Å². The number of carboxylic acid groups (broad SMARTS) is 1. The second-order valence-electron chi connectivity index (χ2n) is 2.71. The predicted molar refractivity (Wildman–Crippen MR) is 49.6 cm³/mol. The summed E-state index contributed by atoms with van der Waals surface area (Å²) in [6.07, 6.45) is 4.22. The summed E-state index contributed by atoms with van der Waals surface area (Å²) in [6, 6.07) is 3.42. The standard InChI is InChI=1S/C10H10O4/c11-8(4-6-10(12)13)3-5-9-2-1-7-14-9/h1-3,5,7H,4,6H2,(H,12,13)/b5-3+. The van der Waals surface area contributed by atoms with Gasteiger partial charge in [0.2, 0.25) is 0 Å². The number of carboxylic acids is 1. The van der Waals surface area contributed by atoms with E-state index in [-0.39, 0.29) is 18.6 Å². The summed E-state index contributed by atoms with van der Waals surface area (Å²) in [6.45, 7) is 0.